The predicted molar refractivity (Wildman–Crippen MR) is 137 cm³/mol. The lowest BCUT2D eigenvalue weighted by Crippen LogP contribution is -2.58. The molecule has 3 aliphatic rings. The zero-order valence-corrected chi connectivity index (χ0v) is 22.2. The van der Waals surface area contributed by atoms with E-state index in [1.54, 1.807) is 30.6 Å². The Labute approximate surface area is 216 Å². The van der Waals surface area contributed by atoms with Crippen molar-refractivity contribution < 1.29 is 23.5 Å². The Kier molecular flexibility index (Phi) is 8.26. The molecule has 0 saturated carbocycles. The van der Waals surface area contributed by atoms with Gasteiger partial charge in [-0.2, -0.15) is 0 Å². The number of likely N-dealkylation sites (N-methyl/N-ethyl adjacent to an activating group) is 1. The smallest absolute Gasteiger partial charge is 0.246 e. The van der Waals surface area contributed by atoms with Gasteiger partial charge in [0.2, 0.25) is 17.7 Å². The Morgan fingerprint density at radius 3 is 2.75 bits per heavy atom. The molecule has 0 bridgehead atoms. The van der Waals surface area contributed by atoms with Gasteiger partial charge in [0.25, 0.3) is 0 Å². The van der Waals surface area contributed by atoms with Gasteiger partial charge in [0.15, 0.2) is 0 Å². The van der Waals surface area contributed by atoms with E-state index >= 15 is 0 Å². The second-order valence-corrected chi connectivity index (χ2v) is 11.8. The summed E-state index contributed by atoms with van der Waals surface area (Å²) in [6.45, 7) is 5.13. The van der Waals surface area contributed by atoms with Crippen LogP contribution in [0.4, 0.5) is 4.39 Å². The van der Waals surface area contributed by atoms with Crippen LogP contribution in [0.5, 0.6) is 0 Å². The van der Waals surface area contributed by atoms with Gasteiger partial charge in [0.05, 0.1) is 30.2 Å². The Bertz CT molecular complexity index is 992. The second-order valence-electron chi connectivity index (χ2n) is 10.5. The SMILES string of the molecule is CNC(C)C(=O)N[C@H]1CCS[C@H]2CC(C)(C)[C@@H](C(=O)N[C@H]3c4ccccc4C[C@H]3OCCF)N2C1=O. The lowest BCUT2D eigenvalue weighted by atomic mass is 9.83. The number of ether oxygens (including phenoxy) is 1. The third-order valence-corrected chi connectivity index (χ3v) is 8.83. The van der Waals surface area contributed by atoms with E-state index in [2.05, 4.69) is 16.0 Å². The highest BCUT2D eigenvalue weighted by Gasteiger charge is 2.55. The number of hydrogen-bond donors (Lipinski definition) is 3. The average Bonchev–Trinajstić information content (AvgIpc) is 3.28. The summed E-state index contributed by atoms with van der Waals surface area (Å²) in [4.78, 5) is 41.9. The van der Waals surface area contributed by atoms with Crippen LogP contribution in [0, 0.1) is 5.41 Å². The summed E-state index contributed by atoms with van der Waals surface area (Å²) in [5, 5.41) is 8.80. The molecule has 1 aromatic carbocycles. The minimum Gasteiger partial charge on any atom is -0.373 e. The van der Waals surface area contributed by atoms with Gasteiger partial charge in [0, 0.05) is 6.42 Å². The second kappa shape index (κ2) is 11.1. The van der Waals surface area contributed by atoms with Crippen molar-refractivity contribution in [3.63, 3.8) is 0 Å². The monoisotopic (exact) mass is 520 g/mol. The van der Waals surface area contributed by atoms with E-state index in [9.17, 15) is 18.8 Å². The van der Waals surface area contributed by atoms with E-state index in [0.29, 0.717) is 25.0 Å². The lowest BCUT2D eigenvalue weighted by Gasteiger charge is -2.35. The van der Waals surface area contributed by atoms with Crippen LogP contribution >= 0.6 is 11.8 Å². The number of carbonyl (C=O) groups is 3. The van der Waals surface area contributed by atoms with Gasteiger partial charge in [-0.25, -0.2) is 4.39 Å². The number of alkyl halides is 1. The molecule has 0 radical (unpaired) electrons. The number of halogens is 1. The van der Waals surface area contributed by atoms with Crippen molar-refractivity contribution >= 4 is 29.5 Å². The van der Waals surface area contributed by atoms with Crippen LogP contribution in [0.3, 0.4) is 0 Å². The summed E-state index contributed by atoms with van der Waals surface area (Å²) in [6.07, 6.45) is 1.42. The first-order chi connectivity index (χ1) is 17.2. The van der Waals surface area contributed by atoms with E-state index in [1.807, 2.05) is 38.1 Å². The maximum atomic E-state index is 13.9. The van der Waals surface area contributed by atoms with Gasteiger partial charge in [0.1, 0.15) is 18.8 Å². The fraction of sp³-hybridized carbons (Fsp3) is 0.654. The first-order valence-corrected chi connectivity index (χ1v) is 13.7. The van der Waals surface area contributed by atoms with Gasteiger partial charge in [-0.15, -0.1) is 11.8 Å². The molecule has 0 spiro atoms. The molecule has 2 aliphatic heterocycles. The Morgan fingerprint density at radius 1 is 1.28 bits per heavy atom. The quantitative estimate of drug-likeness (QED) is 0.485. The molecule has 36 heavy (non-hydrogen) atoms. The zero-order chi connectivity index (χ0) is 26.0. The fourth-order valence-corrected chi connectivity index (χ4v) is 7.17. The molecule has 198 valence electrons. The van der Waals surface area contributed by atoms with E-state index in [1.165, 1.54) is 0 Å². The molecular formula is C26H37FN4O4S. The van der Waals surface area contributed by atoms with Crippen LogP contribution in [0.15, 0.2) is 24.3 Å². The zero-order valence-electron chi connectivity index (χ0n) is 21.4. The molecule has 6 atom stereocenters. The van der Waals surface area contributed by atoms with Gasteiger partial charge < -0.3 is 25.6 Å². The van der Waals surface area contributed by atoms with Gasteiger partial charge >= 0.3 is 0 Å². The number of nitrogens with one attached hydrogen (secondary N) is 3. The van der Waals surface area contributed by atoms with Crippen LogP contribution in [-0.4, -0.2) is 78.3 Å². The van der Waals surface area contributed by atoms with Crippen LogP contribution in [0.1, 0.15) is 50.8 Å². The highest BCUT2D eigenvalue weighted by atomic mass is 32.2. The maximum absolute atomic E-state index is 13.9. The summed E-state index contributed by atoms with van der Waals surface area (Å²) < 4.78 is 18.7. The molecule has 8 nitrogen and oxygen atoms in total. The van der Waals surface area contributed by atoms with E-state index < -0.39 is 36.3 Å². The van der Waals surface area contributed by atoms with Crippen molar-refractivity contribution in [2.24, 2.45) is 5.41 Å². The molecule has 4 rings (SSSR count). The number of amides is 3. The summed E-state index contributed by atoms with van der Waals surface area (Å²) in [5.41, 5.74) is 1.57. The number of benzene rings is 1. The number of nitrogens with zero attached hydrogens (tertiary/aromatic N) is 1. The Morgan fingerprint density at radius 2 is 2.03 bits per heavy atom. The van der Waals surface area contributed by atoms with Crippen molar-refractivity contribution in [2.45, 2.75) is 75.7 Å². The summed E-state index contributed by atoms with van der Waals surface area (Å²) >= 11 is 1.66. The first kappa shape index (κ1) is 26.9. The molecule has 3 N–H and O–H groups in total. The first-order valence-electron chi connectivity index (χ1n) is 12.6. The van der Waals surface area contributed by atoms with Crippen molar-refractivity contribution in [3.05, 3.63) is 35.4 Å². The number of fused-ring (bicyclic) bond motifs is 2. The highest BCUT2D eigenvalue weighted by Crippen LogP contribution is 2.46. The third kappa shape index (κ3) is 5.26. The van der Waals surface area contributed by atoms with Crippen LogP contribution in [-0.2, 0) is 25.5 Å². The van der Waals surface area contributed by atoms with Gasteiger partial charge in [-0.1, -0.05) is 38.1 Å². The molecule has 0 aromatic heterocycles. The molecule has 1 unspecified atom stereocenters. The maximum Gasteiger partial charge on any atom is 0.246 e. The topological polar surface area (TPSA) is 99.8 Å². The third-order valence-electron chi connectivity index (χ3n) is 7.58. The van der Waals surface area contributed by atoms with E-state index in [4.69, 9.17) is 4.74 Å². The van der Waals surface area contributed by atoms with Crippen molar-refractivity contribution in [2.75, 3.05) is 26.1 Å². The number of carbonyl (C=O) groups excluding carboxylic acids is 3. The summed E-state index contributed by atoms with van der Waals surface area (Å²) in [5.74, 6) is 0.00640. The van der Waals surface area contributed by atoms with Crippen LogP contribution < -0.4 is 16.0 Å². The molecule has 10 heteroatoms. The van der Waals surface area contributed by atoms with Crippen LogP contribution in [0.25, 0.3) is 0 Å². The largest absolute Gasteiger partial charge is 0.373 e. The molecular weight excluding hydrogens is 483 g/mol. The molecule has 2 saturated heterocycles. The minimum absolute atomic E-state index is 0.0321. The summed E-state index contributed by atoms with van der Waals surface area (Å²) in [7, 11) is 1.69. The molecule has 2 heterocycles. The molecule has 3 amide bonds. The fourth-order valence-electron chi connectivity index (χ4n) is 5.59. The van der Waals surface area contributed by atoms with Gasteiger partial charge in [-0.05, 0) is 49.1 Å². The normalized spacial score (nSPS) is 29.8. The Balaban J connectivity index is 1.57. The molecule has 1 aliphatic carbocycles. The summed E-state index contributed by atoms with van der Waals surface area (Å²) in [6, 6.07) is 5.59. The number of thioether (sulfide) groups is 1. The van der Waals surface area contributed by atoms with Crippen molar-refractivity contribution in [1.82, 2.24) is 20.9 Å². The van der Waals surface area contributed by atoms with Gasteiger partial charge in [-0.3, -0.25) is 14.4 Å². The standard InChI is InChI=1S/C26H37FN4O4S/c1-15(28-4)23(32)29-18-9-12-36-20-14-26(2,3)22(31(20)25(18)34)24(33)30-21-17-8-6-5-7-16(17)13-19(21)35-11-10-27/h5-8,15,18-22,28H,9-14H2,1-4H3,(H,29,32)(H,30,33)/t15?,18-,19+,20-,21-,22+/m0/s1. The predicted octanol–water partition coefficient (Wildman–Crippen LogP) is 1.94. The number of hydrogen-bond acceptors (Lipinski definition) is 6. The van der Waals surface area contributed by atoms with Crippen molar-refractivity contribution in [1.29, 1.82) is 0 Å². The van der Waals surface area contributed by atoms with Crippen molar-refractivity contribution in [3.8, 4) is 0 Å². The lowest BCUT2D eigenvalue weighted by molar-refractivity contribution is -0.144. The Hall–Kier alpha value is -2.17. The number of rotatable bonds is 8. The average molecular weight is 521 g/mol. The highest BCUT2D eigenvalue weighted by molar-refractivity contribution is 7.99. The molecule has 2 fully saturated rings. The van der Waals surface area contributed by atoms with E-state index in [-0.39, 0.29) is 35.8 Å². The molecule has 1 aromatic rings. The minimum atomic E-state index is -0.698. The van der Waals surface area contributed by atoms with E-state index in [0.717, 1.165) is 11.1 Å². The van der Waals surface area contributed by atoms with Crippen LogP contribution in [0.2, 0.25) is 0 Å².